The second kappa shape index (κ2) is 6.55. The first-order chi connectivity index (χ1) is 8.28. The lowest BCUT2D eigenvalue weighted by Crippen LogP contribution is -2.30. The van der Waals surface area contributed by atoms with Crippen LogP contribution in [0.3, 0.4) is 0 Å². The third kappa shape index (κ3) is 5.85. The van der Waals surface area contributed by atoms with Gasteiger partial charge in [0.05, 0.1) is 6.10 Å². The Morgan fingerprint density at radius 1 is 1.33 bits per heavy atom. The van der Waals surface area contributed by atoms with Gasteiger partial charge in [-0.1, -0.05) is 44.5 Å². The highest BCUT2D eigenvalue weighted by Gasteiger charge is 2.15. The molecule has 1 aromatic carbocycles. The first kappa shape index (κ1) is 15.5. The van der Waals surface area contributed by atoms with Gasteiger partial charge < -0.3 is 10.0 Å². The lowest BCUT2D eigenvalue weighted by Gasteiger charge is -2.27. The molecule has 0 saturated heterocycles. The summed E-state index contributed by atoms with van der Waals surface area (Å²) >= 11 is 5.92. The van der Waals surface area contributed by atoms with Gasteiger partial charge in [-0.05, 0) is 36.6 Å². The first-order valence-electron chi connectivity index (χ1n) is 6.40. The monoisotopic (exact) mass is 269 g/mol. The molecule has 0 aliphatic carbocycles. The quantitative estimate of drug-likeness (QED) is 0.880. The maximum absolute atomic E-state index is 10.1. The predicted octanol–water partition coefficient (Wildman–Crippen LogP) is 3.74. The van der Waals surface area contributed by atoms with Crippen LogP contribution in [0.2, 0.25) is 5.02 Å². The van der Waals surface area contributed by atoms with Crippen LogP contribution in [-0.4, -0.2) is 30.1 Å². The summed E-state index contributed by atoms with van der Waals surface area (Å²) in [6, 6.07) is 7.44. The molecule has 1 unspecified atom stereocenters. The number of hydrogen-bond acceptors (Lipinski definition) is 2. The Labute approximate surface area is 116 Å². The minimum atomic E-state index is -0.439. The zero-order valence-corrected chi connectivity index (χ0v) is 12.5. The van der Waals surface area contributed by atoms with E-state index in [-0.39, 0.29) is 5.41 Å². The van der Waals surface area contributed by atoms with Crippen molar-refractivity contribution in [1.82, 2.24) is 4.90 Å². The van der Waals surface area contributed by atoms with Gasteiger partial charge >= 0.3 is 0 Å². The van der Waals surface area contributed by atoms with E-state index in [1.54, 1.807) is 0 Å². The van der Waals surface area contributed by atoms with Gasteiger partial charge in [-0.2, -0.15) is 0 Å². The van der Waals surface area contributed by atoms with Gasteiger partial charge in [-0.15, -0.1) is 0 Å². The lowest BCUT2D eigenvalue weighted by molar-refractivity contribution is 0.137. The molecule has 1 aromatic rings. The Morgan fingerprint density at radius 2 is 2.00 bits per heavy atom. The maximum atomic E-state index is 10.1. The largest absolute Gasteiger partial charge is 0.388 e. The average molecular weight is 270 g/mol. The van der Waals surface area contributed by atoms with Gasteiger partial charge in [0, 0.05) is 18.1 Å². The van der Waals surface area contributed by atoms with E-state index in [9.17, 15) is 5.11 Å². The van der Waals surface area contributed by atoms with Crippen LogP contribution in [0, 0.1) is 5.41 Å². The fourth-order valence-corrected chi connectivity index (χ4v) is 2.31. The molecule has 2 nitrogen and oxygen atoms in total. The number of rotatable bonds is 5. The molecule has 0 radical (unpaired) electrons. The highest BCUT2D eigenvalue weighted by molar-refractivity contribution is 6.30. The van der Waals surface area contributed by atoms with Gasteiger partial charge in [0.15, 0.2) is 0 Å². The SMILES string of the molecule is CN(CCC(O)c1cccc(Cl)c1)CC(C)(C)C. The molecule has 1 atom stereocenters. The van der Waals surface area contributed by atoms with Crippen molar-refractivity contribution in [2.45, 2.75) is 33.3 Å². The molecule has 0 aromatic heterocycles. The summed E-state index contributed by atoms with van der Waals surface area (Å²) in [5.41, 5.74) is 1.18. The number of halogens is 1. The van der Waals surface area contributed by atoms with E-state index in [4.69, 9.17) is 11.6 Å². The van der Waals surface area contributed by atoms with E-state index in [1.165, 1.54) is 0 Å². The second-order valence-electron chi connectivity index (χ2n) is 6.16. The van der Waals surface area contributed by atoms with Crippen molar-refractivity contribution in [2.75, 3.05) is 20.1 Å². The van der Waals surface area contributed by atoms with Crippen LogP contribution >= 0.6 is 11.6 Å². The van der Waals surface area contributed by atoms with Crippen LogP contribution in [0.4, 0.5) is 0 Å². The average Bonchev–Trinajstić information content (AvgIpc) is 2.23. The van der Waals surface area contributed by atoms with E-state index >= 15 is 0 Å². The molecule has 0 amide bonds. The Bertz CT molecular complexity index is 373. The van der Waals surface area contributed by atoms with Crippen LogP contribution < -0.4 is 0 Å². The summed E-state index contributed by atoms with van der Waals surface area (Å²) in [5, 5.41) is 10.8. The zero-order chi connectivity index (χ0) is 13.8. The Balaban J connectivity index is 2.44. The van der Waals surface area contributed by atoms with Crippen LogP contribution in [0.1, 0.15) is 38.9 Å². The Hall–Kier alpha value is -0.570. The van der Waals surface area contributed by atoms with Crippen molar-refractivity contribution in [3.8, 4) is 0 Å². The van der Waals surface area contributed by atoms with E-state index in [0.717, 1.165) is 25.1 Å². The number of hydrogen-bond donors (Lipinski definition) is 1. The predicted molar refractivity (Wildman–Crippen MR) is 78.0 cm³/mol. The van der Waals surface area contributed by atoms with E-state index in [0.29, 0.717) is 5.02 Å². The standard InChI is InChI=1S/C15H24ClNO/c1-15(2,3)11-17(4)9-8-14(18)12-6-5-7-13(16)10-12/h5-7,10,14,18H,8-9,11H2,1-4H3. The van der Waals surface area contributed by atoms with Gasteiger partial charge in [0.2, 0.25) is 0 Å². The summed E-state index contributed by atoms with van der Waals surface area (Å²) in [4.78, 5) is 2.26. The molecule has 102 valence electrons. The molecule has 1 rings (SSSR count). The fourth-order valence-electron chi connectivity index (χ4n) is 2.11. The Morgan fingerprint density at radius 3 is 2.56 bits per heavy atom. The summed E-state index contributed by atoms with van der Waals surface area (Å²) < 4.78 is 0. The highest BCUT2D eigenvalue weighted by Crippen LogP contribution is 2.21. The van der Waals surface area contributed by atoms with E-state index < -0.39 is 6.10 Å². The van der Waals surface area contributed by atoms with Crippen molar-refractivity contribution >= 4 is 11.6 Å². The van der Waals surface area contributed by atoms with Crippen molar-refractivity contribution in [3.05, 3.63) is 34.9 Å². The van der Waals surface area contributed by atoms with Crippen molar-refractivity contribution in [3.63, 3.8) is 0 Å². The molecule has 0 aliphatic heterocycles. The summed E-state index contributed by atoms with van der Waals surface area (Å²) in [5.74, 6) is 0. The van der Waals surface area contributed by atoms with Crippen LogP contribution in [0.25, 0.3) is 0 Å². The molecule has 0 spiro atoms. The molecule has 3 heteroatoms. The van der Waals surface area contributed by atoms with Gasteiger partial charge in [-0.3, -0.25) is 0 Å². The lowest BCUT2D eigenvalue weighted by atomic mass is 9.96. The molecular formula is C15H24ClNO. The van der Waals surface area contributed by atoms with Gasteiger partial charge in [0.1, 0.15) is 0 Å². The minimum absolute atomic E-state index is 0.287. The molecule has 0 bridgehead atoms. The van der Waals surface area contributed by atoms with E-state index in [1.807, 2.05) is 24.3 Å². The van der Waals surface area contributed by atoms with Crippen molar-refractivity contribution in [2.24, 2.45) is 5.41 Å². The number of aliphatic hydroxyl groups is 1. The Kier molecular flexibility index (Phi) is 5.64. The summed E-state index contributed by atoms with van der Waals surface area (Å²) in [6.07, 6.45) is 0.290. The fraction of sp³-hybridized carbons (Fsp3) is 0.600. The van der Waals surface area contributed by atoms with Gasteiger partial charge in [0.25, 0.3) is 0 Å². The van der Waals surface area contributed by atoms with Crippen LogP contribution in [0.5, 0.6) is 0 Å². The first-order valence-corrected chi connectivity index (χ1v) is 6.78. The molecule has 1 N–H and O–H groups in total. The number of benzene rings is 1. The molecular weight excluding hydrogens is 246 g/mol. The van der Waals surface area contributed by atoms with Crippen molar-refractivity contribution < 1.29 is 5.11 Å². The summed E-state index contributed by atoms with van der Waals surface area (Å²) in [6.45, 7) is 8.56. The highest BCUT2D eigenvalue weighted by atomic mass is 35.5. The summed E-state index contributed by atoms with van der Waals surface area (Å²) in [7, 11) is 2.09. The molecule has 0 saturated carbocycles. The molecule has 18 heavy (non-hydrogen) atoms. The number of aliphatic hydroxyl groups excluding tert-OH is 1. The third-order valence-corrected chi connectivity index (χ3v) is 3.00. The number of nitrogens with zero attached hydrogens (tertiary/aromatic N) is 1. The molecule has 0 aliphatic rings. The molecule has 0 heterocycles. The minimum Gasteiger partial charge on any atom is -0.388 e. The second-order valence-corrected chi connectivity index (χ2v) is 6.59. The van der Waals surface area contributed by atoms with E-state index in [2.05, 4.69) is 32.7 Å². The van der Waals surface area contributed by atoms with Crippen LogP contribution in [-0.2, 0) is 0 Å². The normalized spacial score (nSPS) is 13.9. The topological polar surface area (TPSA) is 23.5 Å². The van der Waals surface area contributed by atoms with Crippen molar-refractivity contribution in [1.29, 1.82) is 0 Å². The maximum Gasteiger partial charge on any atom is 0.0802 e. The smallest absolute Gasteiger partial charge is 0.0802 e. The molecule has 0 fully saturated rings. The zero-order valence-electron chi connectivity index (χ0n) is 11.8. The van der Waals surface area contributed by atoms with Gasteiger partial charge in [-0.25, -0.2) is 0 Å². The third-order valence-electron chi connectivity index (χ3n) is 2.76. The van der Waals surface area contributed by atoms with Crippen LogP contribution in [0.15, 0.2) is 24.3 Å².